The summed E-state index contributed by atoms with van der Waals surface area (Å²) in [5.41, 5.74) is 1.95. The van der Waals surface area contributed by atoms with E-state index >= 15 is 0 Å². The van der Waals surface area contributed by atoms with Crippen molar-refractivity contribution < 1.29 is 4.79 Å². The first-order valence-electron chi connectivity index (χ1n) is 3.45. The van der Waals surface area contributed by atoms with Gasteiger partial charge in [0.1, 0.15) is 0 Å². The van der Waals surface area contributed by atoms with Crippen molar-refractivity contribution in [2.45, 2.75) is 6.42 Å². The number of fused-ring (bicyclic) bond motifs is 1. The van der Waals surface area contributed by atoms with E-state index in [2.05, 4.69) is 37.2 Å². The van der Waals surface area contributed by atoms with Gasteiger partial charge in [0, 0.05) is 20.2 Å². The van der Waals surface area contributed by atoms with Gasteiger partial charge in [0.25, 0.3) is 0 Å². The van der Waals surface area contributed by atoms with E-state index in [0.29, 0.717) is 6.42 Å². The second-order valence-electron chi connectivity index (χ2n) is 2.61. The highest BCUT2D eigenvalue weighted by Crippen LogP contribution is 2.35. The van der Waals surface area contributed by atoms with E-state index in [1.54, 1.807) is 0 Å². The molecule has 1 amide bonds. The number of nitrogens with one attached hydrogen (secondary N) is 1. The topological polar surface area (TPSA) is 29.1 Å². The van der Waals surface area contributed by atoms with Crippen molar-refractivity contribution >= 4 is 43.5 Å². The predicted molar refractivity (Wildman–Crippen MR) is 54.2 cm³/mol. The molecular formula is C8H5Br2NO. The van der Waals surface area contributed by atoms with Crippen LogP contribution in [0.15, 0.2) is 21.1 Å². The SMILES string of the molecule is O=C1Cc2c(ccc(Br)c2Br)N1. The van der Waals surface area contributed by atoms with Crippen LogP contribution in [0.3, 0.4) is 0 Å². The summed E-state index contributed by atoms with van der Waals surface area (Å²) in [6.45, 7) is 0. The lowest BCUT2D eigenvalue weighted by molar-refractivity contribution is -0.115. The Morgan fingerprint density at radius 1 is 1.33 bits per heavy atom. The van der Waals surface area contributed by atoms with E-state index in [9.17, 15) is 4.79 Å². The van der Waals surface area contributed by atoms with Crippen molar-refractivity contribution in [1.29, 1.82) is 0 Å². The van der Waals surface area contributed by atoms with E-state index in [0.717, 1.165) is 20.2 Å². The van der Waals surface area contributed by atoms with Crippen LogP contribution in [0, 0.1) is 0 Å². The number of anilines is 1. The Hall–Kier alpha value is -0.350. The van der Waals surface area contributed by atoms with Crippen LogP contribution in [0.5, 0.6) is 0 Å². The highest BCUT2D eigenvalue weighted by Gasteiger charge is 2.20. The average molecular weight is 291 g/mol. The van der Waals surface area contributed by atoms with Gasteiger partial charge >= 0.3 is 0 Å². The zero-order valence-corrected chi connectivity index (χ0v) is 9.20. The summed E-state index contributed by atoms with van der Waals surface area (Å²) < 4.78 is 1.95. The number of benzene rings is 1. The van der Waals surface area contributed by atoms with Gasteiger partial charge in [0.05, 0.1) is 6.42 Å². The molecule has 0 bridgehead atoms. The van der Waals surface area contributed by atoms with E-state index < -0.39 is 0 Å². The lowest BCUT2D eigenvalue weighted by atomic mass is 10.2. The Morgan fingerprint density at radius 2 is 2.08 bits per heavy atom. The van der Waals surface area contributed by atoms with Crippen LogP contribution in [0.1, 0.15) is 5.56 Å². The van der Waals surface area contributed by atoms with Gasteiger partial charge < -0.3 is 5.32 Å². The summed E-state index contributed by atoms with van der Waals surface area (Å²) in [5, 5.41) is 2.78. The second kappa shape index (κ2) is 2.85. The maximum Gasteiger partial charge on any atom is 0.228 e. The van der Waals surface area contributed by atoms with E-state index in [4.69, 9.17) is 0 Å². The Kier molecular flexibility index (Phi) is 1.96. The largest absolute Gasteiger partial charge is 0.325 e. The molecule has 0 fully saturated rings. The zero-order valence-electron chi connectivity index (χ0n) is 6.03. The number of rotatable bonds is 0. The molecule has 2 nitrogen and oxygen atoms in total. The third-order valence-electron chi connectivity index (χ3n) is 1.81. The van der Waals surface area contributed by atoms with Crippen LogP contribution in [0.4, 0.5) is 5.69 Å². The van der Waals surface area contributed by atoms with Gasteiger partial charge in [0.2, 0.25) is 5.91 Å². The molecule has 12 heavy (non-hydrogen) atoms. The molecule has 4 heteroatoms. The monoisotopic (exact) mass is 289 g/mol. The molecule has 1 aromatic carbocycles. The number of carbonyl (C=O) groups is 1. The van der Waals surface area contributed by atoms with E-state index in [1.165, 1.54) is 0 Å². The molecule has 62 valence electrons. The van der Waals surface area contributed by atoms with E-state index in [-0.39, 0.29) is 5.91 Å². The Morgan fingerprint density at radius 3 is 2.83 bits per heavy atom. The van der Waals surface area contributed by atoms with Crippen molar-refractivity contribution in [3.63, 3.8) is 0 Å². The summed E-state index contributed by atoms with van der Waals surface area (Å²) in [6, 6.07) is 3.81. The van der Waals surface area contributed by atoms with Crippen molar-refractivity contribution in [2.75, 3.05) is 5.32 Å². The summed E-state index contributed by atoms with van der Waals surface area (Å²) in [7, 11) is 0. The van der Waals surface area contributed by atoms with Crippen LogP contribution in [0.2, 0.25) is 0 Å². The van der Waals surface area contributed by atoms with Gasteiger partial charge in [0.15, 0.2) is 0 Å². The molecule has 0 saturated heterocycles. The van der Waals surface area contributed by atoms with Crippen molar-refractivity contribution in [3.8, 4) is 0 Å². The van der Waals surface area contributed by atoms with Crippen LogP contribution < -0.4 is 5.32 Å². The fraction of sp³-hybridized carbons (Fsp3) is 0.125. The Balaban J connectivity index is 2.61. The number of hydrogen-bond donors (Lipinski definition) is 1. The molecule has 0 radical (unpaired) electrons. The molecule has 1 aliphatic heterocycles. The van der Waals surface area contributed by atoms with Gasteiger partial charge in [-0.05, 0) is 44.0 Å². The molecule has 0 spiro atoms. The quantitative estimate of drug-likeness (QED) is 0.782. The highest BCUT2D eigenvalue weighted by molar-refractivity contribution is 9.13. The first kappa shape index (κ1) is 8.26. The second-order valence-corrected chi connectivity index (χ2v) is 4.26. The molecule has 0 saturated carbocycles. The number of hydrogen-bond acceptors (Lipinski definition) is 1. The molecule has 1 aromatic rings. The minimum atomic E-state index is 0.0591. The molecule has 1 N–H and O–H groups in total. The van der Waals surface area contributed by atoms with Crippen molar-refractivity contribution in [1.82, 2.24) is 0 Å². The normalized spacial score (nSPS) is 14.3. The third kappa shape index (κ3) is 1.19. The molecule has 0 aromatic heterocycles. The summed E-state index contributed by atoms with van der Waals surface area (Å²) in [6.07, 6.45) is 0.468. The molecule has 0 atom stereocenters. The minimum Gasteiger partial charge on any atom is -0.325 e. The van der Waals surface area contributed by atoms with Gasteiger partial charge in [-0.2, -0.15) is 0 Å². The summed E-state index contributed by atoms with van der Waals surface area (Å²) in [5.74, 6) is 0.0591. The standard InChI is InChI=1S/C8H5Br2NO/c9-5-1-2-6-4(8(5)10)3-7(12)11-6/h1-2H,3H2,(H,11,12). The molecule has 0 aliphatic carbocycles. The maximum atomic E-state index is 11.0. The fourth-order valence-electron chi connectivity index (χ4n) is 1.24. The highest BCUT2D eigenvalue weighted by atomic mass is 79.9. The molecule has 2 rings (SSSR count). The minimum absolute atomic E-state index is 0.0591. The zero-order chi connectivity index (χ0) is 8.72. The molecular weight excluding hydrogens is 286 g/mol. The smallest absolute Gasteiger partial charge is 0.228 e. The molecule has 1 aliphatic rings. The number of carbonyl (C=O) groups excluding carboxylic acids is 1. The Labute approximate surface area is 86.6 Å². The lowest BCUT2D eigenvalue weighted by Gasteiger charge is -2.01. The van der Waals surface area contributed by atoms with Crippen molar-refractivity contribution in [2.24, 2.45) is 0 Å². The van der Waals surface area contributed by atoms with Crippen LogP contribution in [-0.4, -0.2) is 5.91 Å². The van der Waals surface area contributed by atoms with Gasteiger partial charge in [-0.15, -0.1) is 0 Å². The van der Waals surface area contributed by atoms with Gasteiger partial charge in [-0.3, -0.25) is 4.79 Å². The average Bonchev–Trinajstić information content (AvgIpc) is 2.39. The molecule has 0 unspecified atom stereocenters. The van der Waals surface area contributed by atoms with Gasteiger partial charge in [-0.25, -0.2) is 0 Å². The van der Waals surface area contributed by atoms with E-state index in [1.807, 2.05) is 12.1 Å². The third-order valence-corrected chi connectivity index (χ3v) is 3.91. The number of amides is 1. The molecule has 1 heterocycles. The lowest BCUT2D eigenvalue weighted by Crippen LogP contribution is -2.03. The van der Waals surface area contributed by atoms with Gasteiger partial charge in [-0.1, -0.05) is 0 Å². The first-order valence-corrected chi connectivity index (χ1v) is 5.04. The number of halogens is 2. The first-order chi connectivity index (χ1) is 5.68. The maximum absolute atomic E-state index is 11.0. The predicted octanol–water partition coefficient (Wildman–Crippen LogP) is 2.71. The van der Waals surface area contributed by atoms with Crippen LogP contribution >= 0.6 is 31.9 Å². The Bertz CT molecular complexity index is 362. The fourth-order valence-corrected chi connectivity index (χ4v) is 2.09. The summed E-state index contributed by atoms with van der Waals surface area (Å²) >= 11 is 6.80. The van der Waals surface area contributed by atoms with Crippen LogP contribution in [-0.2, 0) is 11.2 Å². The summed E-state index contributed by atoms with van der Waals surface area (Å²) in [4.78, 5) is 11.0. The van der Waals surface area contributed by atoms with Crippen LogP contribution in [0.25, 0.3) is 0 Å². The van der Waals surface area contributed by atoms with Crippen molar-refractivity contribution in [3.05, 3.63) is 26.6 Å².